The number of thioether (sulfide) groups is 1. The predicted molar refractivity (Wildman–Crippen MR) is 113 cm³/mol. The molecule has 1 atom stereocenters. The molecule has 7 heteroatoms. The van der Waals surface area contributed by atoms with E-state index >= 15 is 0 Å². The number of nitrogens with zero attached hydrogens (tertiary/aromatic N) is 1. The Hall–Kier alpha value is -1.40. The molecule has 4 nitrogen and oxygen atoms in total. The molecule has 0 aromatic heterocycles. The van der Waals surface area contributed by atoms with Gasteiger partial charge in [-0.15, -0.1) is 12.4 Å². The lowest BCUT2D eigenvalue weighted by Crippen LogP contribution is -2.35. The van der Waals surface area contributed by atoms with Crippen LogP contribution in [-0.4, -0.2) is 41.4 Å². The Balaban J connectivity index is 0.00000261. The molecule has 0 amide bonds. The van der Waals surface area contributed by atoms with E-state index in [1.165, 1.54) is 5.56 Å². The van der Waals surface area contributed by atoms with E-state index < -0.39 is 5.97 Å². The molecule has 146 valence electrons. The Morgan fingerprint density at radius 2 is 1.96 bits per heavy atom. The van der Waals surface area contributed by atoms with E-state index in [2.05, 4.69) is 17.0 Å². The van der Waals surface area contributed by atoms with E-state index in [4.69, 9.17) is 21.4 Å². The van der Waals surface area contributed by atoms with E-state index in [1.54, 1.807) is 0 Å². The molecule has 2 aromatic rings. The fourth-order valence-electron chi connectivity index (χ4n) is 2.92. The summed E-state index contributed by atoms with van der Waals surface area (Å²) in [7, 11) is 0. The monoisotopic (exact) mass is 427 g/mol. The van der Waals surface area contributed by atoms with Crippen molar-refractivity contribution >= 4 is 41.7 Å². The average molecular weight is 428 g/mol. The van der Waals surface area contributed by atoms with Gasteiger partial charge in [0.1, 0.15) is 12.4 Å². The number of ether oxygens (including phenoxy) is 1. The molecule has 1 aliphatic heterocycles. The lowest BCUT2D eigenvalue weighted by atomic mass is 10.1. The fourth-order valence-corrected chi connectivity index (χ4v) is 4.42. The molecule has 1 aliphatic rings. The van der Waals surface area contributed by atoms with Crippen molar-refractivity contribution in [3.63, 3.8) is 0 Å². The molecule has 3 rings (SSSR count). The number of carboxylic acids is 1. The maximum absolute atomic E-state index is 10.8. The molecular formula is C20H23Cl2NO3S. The first-order chi connectivity index (χ1) is 12.6. The van der Waals surface area contributed by atoms with Gasteiger partial charge in [0, 0.05) is 41.2 Å². The van der Waals surface area contributed by atoms with Crippen molar-refractivity contribution in [1.29, 1.82) is 0 Å². The number of hydrogen-bond donors (Lipinski definition) is 1. The van der Waals surface area contributed by atoms with E-state index in [-0.39, 0.29) is 18.8 Å². The Bertz CT molecular complexity index is 742. The Morgan fingerprint density at radius 3 is 2.67 bits per heavy atom. The molecule has 1 unspecified atom stereocenters. The van der Waals surface area contributed by atoms with Crippen molar-refractivity contribution in [1.82, 2.24) is 4.90 Å². The number of benzene rings is 2. The zero-order chi connectivity index (χ0) is 18.4. The molecule has 0 bridgehead atoms. The largest absolute Gasteiger partial charge is 0.489 e. The number of rotatable bonds is 7. The summed E-state index contributed by atoms with van der Waals surface area (Å²) in [6.45, 7) is 2.90. The van der Waals surface area contributed by atoms with Gasteiger partial charge in [0.15, 0.2) is 0 Å². The van der Waals surface area contributed by atoms with Gasteiger partial charge < -0.3 is 14.7 Å². The molecule has 27 heavy (non-hydrogen) atoms. The van der Waals surface area contributed by atoms with Crippen LogP contribution in [0.1, 0.15) is 22.8 Å². The minimum absolute atomic E-state index is 0. The van der Waals surface area contributed by atoms with Crippen LogP contribution in [0, 0.1) is 0 Å². The van der Waals surface area contributed by atoms with Crippen molar-refractivity contribution < 1.29 is 14.6 Å². The lowest BCUT2D eigenvalue weighted by molar-refractivity contribution is -0.137. The molecule has 0 radical (unpaired) electrons. The molecule has 1 N–H and O–H groups in total. The molecule has 0 spiro atoms. The van der Waals surface area contributed by atoms with Crippen molar-refractivity contribution in [2.45, 2.75) is 18.3 Å². The summed E-state index contributed by atoms with van der Waals surface area (Å²) in [5.41, 5.74) is 2.22. The topological polar surface area (TPSA) is 49.8 Å². The fraction of sp³-hybridized carbons (Fsp3) is 0.350. The second-order valence-electron chi connectivity index (χ2n) is 6.25. The summed E-state index contributed by atoms with van der Waals surface area (Å²) < 4.78 is 5.83. The van der Waals surface area contributed by atoms with Crippen LogP contribution in [0.4, 0.5) is 0 Å². The molecule has 1 fully saturated rings. The summed E-state index contributed by atoms with van der Waals surface area (Å²) in [6.07, 6.45) is 0.201. The summed E-state index contributed by atoms with van der Waals surface area (Å²) in [4.78, 5) is 13.0. The van der Waals surface area contributed by atoms with E-state index in [0.717, 1.165) is 30.2 Å². The van der Waals surface area contributed by atoms with Gasteiger partial charge in [-0.25, -0.2) is 0 Å². The van der Waals surface area contributed by atoms with Gasteiger partial charge in [0.2, 0.25) is 0 Å². The molecule has 1 saturated heterocycles. The normalized spacial score (nSPS) is 17.1. The highest BCUT2D eigenvalue weighted by Gasteiger charge is 2.22. The van der Waals surface area contributed by atoms with Gasteiger partial charge in [-0.05, 0) is 23.8 Å². The smallest absolute Gasteiger partial charge is 0.304 e. The van der Waals surface area contributed by atoms with Crippen LogP contribution in [0.5, 0.6) is 5.75 Å². The first-order valence-corrected chi connectivity index (χ1v) is 10.1. The van der Waals surface area contributed by atoms with Crippen molar-refractivity contribution in [2.75, 3.05) is 25.4 Å². The van der Waals surface area contributed by atoms with E-state index in [1.807, 2.05) is 48.2 Å². The third-order valence-electron chi connectivity index (χ3n) is 4.40. The van der Waals surface area contributed by atoms with E-state index in [9.17, 15) is 4.79 Å². The van der Waals surface area contributed by atoms with Crippen LogP contribution in [-0.2, 0) is 11.4 Å². The third kappa shape index (κ3) is 6.61. The highest BCUT2D eigenvalue weighted by atomic mass is 35.5. The van der Waals surface area contributed by atoms with E-state index in [0.29, 0.717) is 23.4 Å². The quantitative estimate of drug-likeness (QED) is 0.680. The second-order valence-corrected chi connectivity index (χ2v) is 7.97. The Labute approximate surface area is 175 Å². The second kappa shape index (κ2) is 10.8. The molecular weight excluding hydrogens is 405 g/mol. The van der Waals surface area contributed by atoms with Gasteiger partial charge in [-0.3, -0.25) is 4.79 Å². The van der Waals surface area contributed by atoms with Crippen LogP contribution in [0.15, 0.2) is 48.5 Å². The van der Waals surface area contributed by atoms with Gasteiger partial charge in [-0.2, -0.15) is 11.8 Å². The SMILES string of the molecule is Cl.O=C(O)CCN1CCSC(c2ccc(OCc3ccccc3Cl)cc2)C1. The number of hydrogen-bond acceptors (Lipinski definition) is 4. The van der Waals surface area contributed by atoms with Gasteiger partial charge in [0.25, 0.3) is 0 Å². The summed E-state index contributed by atoms with van der Waals surface area (Å²) in [6, 6.07) is 15.8. The van der Waals surface area contributed by atoms with Crippen LogP contribution in [0.2, 0.25) is 5.02 Å². The van der Waals surface area contributed by atoms with Gasteiger partial charge in [-0.1, -0.05) is 41.9 Å². The Morgan fingerprint density at radius 1 is 1.22 bits per heavy atom. The van der Waals surface area contributed by atoms with Gasteiger partial charge >= 0.3 is 5.97 Å². The molecule has 0 saturated carbocycles. The highest BCUT2D eigenvalue weighted by molar-refractivity contribution is 7.99. The minimum atomic E-state index is -0.736. The van der Waals surface area contributed by atoms with Crippen molar-refractivity contribution in [2.24, 2.45) is 0 Å². The molecule has 2 aromatic carbocycles. The summed E-state index contributed by atoms with van der Waals surface area (Å²) in [5.74, 6) is 1.10. The molecule has 1 heterocycles. The number of carboxylic acid groups (broad SMARTS) is 1. The van der Waals surface area contributed by atoms with Crippen LogP contribution in [0.3, 0.4) is 0 Å². The zero-order valence-corrected chi connectivity index (χ0v) is 17.2. The minimum Gasteiger partial charge on any atom is -0.489 e. The Kier molecular flexibility index (Phi) is 8.77. The van der Waals surface area contributed by atoms with Gasteiger partial charge in [0.05, 0.1) is 6.42 Å². The van der Waals surface area contributed by atoms with Crippen molar-refractivity contribution in [3.05, 3.63) is 64.7 Å². The maximum atomic E-state index is 10.8. The average Bonchev–Trinajstić information content (AvgIpc) is 2.66. The number of halogens is 2. The first kappa shape index (κ1) is 21.9. The first-order valence-electron chi connectivity index (χ1n) is 8.64. The van der Waals surface area contributed by atoms with Crippen LogP contribution >= 0.6 is 35.8 Å². The number of aliphatic carboxylic acids is 1. The standard InChI is InChI=1S/C20H22ClNO3S.ClH/c21-18-4-2-1-3-16(18)14-25-17-7-5-15(6-8-17)19-13-22(11-12-26-19)10-9-20(23)24;/h1-8,19H,9-14H2,(H,23,24);1H. The van der Waals surface area contributed by atoms with Crippen molar-refractivity contribution in [3.8, 4) is 5.75 Å². The third-order valence-corrected chi connectivity index (χ3v) is 6.01. The highest BCUT2D eigenvalue weighted by Crippen LogP contribution is 2.34. The zero-order valence-electron chi connectivity index (χ0n) is 14.8. The lowest BCUT2D eigenvalue weighted by Gasteiger charge is -2.32. The predicted octanol–water partition coefficient (Wildman–Crippen LogP) is 4.91. The number of carbonyl (C=O) groups is 1. The maximum Gasteiger partial charge on any atom is 0.304 e. The van der Waals surface area contributed by atoms with Crippen LogP contribution in [0.25, 0.3) is 0 Å². The summed E-state index contributed by atoms with van der Waals surface area (Å²) >= 11 is 8.08. The molecule has 0 aliphatic carbocycles. The summed E-state index contributed by atoms with van der Waals surface area (Å²) in [5, 5.41) is 9.94. The van der Waals surface area contributed by atoms with Crippen LogP contribution < -0.4 is 4.74 Å².